The van der Waals surface area contributed by atoms with E-state index in [0.29, 0.717) is 6.42 Å². The minimum atomic E-state index is -0.171. The highest BCUT2D eigenvalue weighted by atomic mass is 16.2. The van der Waals surface area contributed by atoms with Crippen molar-refractivity contribution in [2.45, 2.75) is 19.3 Å². The number of carbonyl (C=O) groups is 2. The molecule has 0 N–H and O–H groups in total. The quantitative estimate of drug-likeness (QED) is 0.442. The summed E-state index contributed by atoms with van der Waals surface area (Å²) < 4.78 is 0. The van der Waals surface area contributed by atoms with Crippen molar-refractivity contribution in [1.29, 1.82) is 0 Å². The minimum Gasteiger partial charge on any atom is -0.299 e. The lowest BCUT2D eigenvalue weighted by molar-refractivity contribution is -0.126. The Morgan fingerprint density at radius 3 is 2.22 bits per heavy atom. The lowest BCUT2D eigenvalue weighted by Gasteiger charge is -2.02. The van der Waals surface area contributed by atoms with Gasteiger partial charge in [-0.05, 0) is 12.8 Å². The third kappa shape index (κ3) is 0.506. The number of hydrogen-bond donors (Lipinski definition) is 0. The van der Waals surface area contributed by atoms with E-state index < -0.39 is 0 Å². The van der Waals surface area contributed by atoms with Gasteiger partial charge in [-0.3, -0.25) is 9.59 Å². The molecule has 2 saturated carbocycles. The molecule has 0 heterocycles. The molecular formula is C7H8O2. The molecule has 2 fully saturated rings. The van der Waals surface area contributed by atoms with Gasteiger partial charge in [0.2, 0.25) is 0 Å². The fourth-order valence-corrected chi connectivity index (χ4v) is 1.84. The Morgan fingerprint density at radius 2 is 2.00 bits per heavy atom. The van der Waals surface area contributed by atoms with E-state index in [0.717, 1.165) is 12.8 Å². The topological polar surface area (TPSA) is 34.1 Å². The van der Waals surface area contributed by atoms with Crippen LogP contribution in [0.15, 0.2) is 0 Å². The minimum absolute atomic E-state index is 0.127. The first-order valence-corrected chi connectivity index (χ1v) is 3.35. The van der Waals surface area contributed by atoms with E-state index in [1.807, 2.05) is 0 Å². The highest BCUT2D eigenvalue weighted by Crippen LogP contribution is 2.38. The molecule has 2 heteroatoms. The Balaban J connectivity index is 2.36. The van der Waals surface area contributed by atoms with Crippen LogP contribution in [-0.2, 0) is 9.59 Å². The summed E-state index contributed by atoms with van der Waals surface area (Å²) in [6.45, 7) is 0. The molecule has 2 rings (SSSR count). The molecule has 0 aliphatic heterocycles. The molecule has 0 radical (unpaired) electrons. The first kappa shape index (κ1) is 5.15. The van der Waals surface area contributed by atoms with Crippen molar-refractivity contribution in [2.24, 2.45) is 11.8 Å². The highest BCUT2D eigenvalue weighted by molar-refractivity contribution is 6.11. The van der Waals surface area contributed by atoms with E-state index in [2.05, 4.69) is 0 Å². The number of rotatable bonds is 0. The first-order chi connectivity index (χ1) is 4.29. The summed E-state index contributed by atoms with van der Waals surface area (Å²) in [6, 6.07) is 0. The molecule has 2 nitrogen and oxygen atoms in total. The summed E-state index contributed by atoms with van der Waals surface area (Å²) in [5, 5.41) is 0. The lowest BCUT2D eigenvalue weighted by Crippen LogP contribution is -2.10. The van der Waals surface area contributed by atoms with E-state index in [1.165, 1.54) is 0 Å². The van der Waals surface area contributed by atoms with E-state index >= 15 is 0 Å². The average Bonchev–Trinajstić information content (AvgIpc) is 2.25. The Bertz CT molecular complexity index is 183. The number of hydrogen-bond acceptors (Lipinski definition) is 2. The van der Waals surface area contributed by atoms with Gasteiger partial charge in [0, 0.05) is 12.3 Å². The van der Waals surface area contributed by atoms with Gasteiger partial charge in [0.1, 0.15) is 11.6 Å². The molecular weight excluding hydrogens is 116 g/mol. The van der Waals surface area contributed by atoms with E-state index in [-0.39, 0.29) is 23.4 Å². The van der Waals surface area contributed by atoms with Crippen LogP contribution >= 0.6 is 0 Å². The molecule has 2 aliphatic carbocycles. The van der Waals surface area contributed by atoms with Crippen LogP contribution < -0.4 is 0 Å². The SMILES string of the molecule is O=C1C[C@@H]2CC[C@H]1C2=O. The molecule has 2 bridgehead atoms. The monoisotopic (exact) mass is 124 g/mol. The highest BCUT2D eigenvalue weighted by Gasteiger charge is 2.46. The predicted molar refractivity (Wildman–Crippen MR) is 30.8 cm³/mol. The van der Waals surface area contributed by atoms with Crippen molar-refractivity contribution in [3.8, 4) is 0 Å². The number of ketones is 2. The molecule has 0 aromatic rings. The normalized spacial score (nSPS) is 40.4. The second kappa shape index (κ2) is 1.43. The van der Waals surface area contributed by atoms with E-state index in [1.54, 1.807) is 0 Å². The van der Waals surface area contributed by atoms with Gasteiger partial charge in [-0.1, -0.05) is 0 Å². The fraction of sp³-hybridized carbons (Fsp3) is 0.714. The van der Waals surface area contributed by atoms with Crippen molar-refractivity contribution >= 4 is 11.6 Å². The van der Waals surface area contributed by atoms with Gasteiger partial charge >= 0.3 is 0 Å². The average molecular weight is 124 g/mol. The number of fused-ring (bicyclic) bond motifs is 2. The van der Waals surface area contributed by atoms with Crippen molar-refractivity contribution in [2.75, 3.05) is 0 Å². The van der Waals surface area contributed by atoms with Gasteiger partial charge in [-0.25, -0.2) is 0 Å². The Kier molecular flexibility index (Phi) is 0.821. The summed E-state index contributed by atoms with van der Waals surface area (Å²) >= 11 is 0. The number of Topliss-reactive ketones (excluding diaryl/α,β-unsaturated/α-hetero) is 2. The third-order valence-electron chi connectivity index (χ3n) is 2.39. The maximum absolute atomic E-state index is 11.0. The fourth-order valence-electron chi connectivity index (χ4n) is 1.84. The lowest BCUT2D eigenvalue weighted by atomic mass is 10.00. The van der Waals surface area contributed by atoms with Crippen LogP contribution in [0.3, 0.4) is 0 Å². The summed E-state index contributed by atoms with van der Waals surface area (Å²) in [5.41, 5.74) is 0. The van der Waals surface area contributed by atoms with Crippen LogP contribution in [0.1, 0.15) is 19.3 Å². The molecule has 0 aromatic carbocycles. The Labute approximate surface area is 53.2 Å². The standard InChI is InChI=1S/C7H8O2/c8-6-3-4-1-2-5(6)7(4)9/h4-5H,1-3H2/t4-,5+/m0/s1. The summed E-state index contributed by atoms with van der Waals surface area (Å²) in [7, 11) is 0. The molecule has 0 spiro atoms. The zero-order valence-electron chi connectivity index (χ0n) is 5.09. The van der Waals surface area contributed by atoms with E-state index in [9.17, 15) is 9.59 Å². The molecule has 9 heavy (non-hydrogen) atoms. The van der Waals surface area contributed by atoms with Gasteiger partial charge in [0.05, 0.1) is 5.92 Å². The van der Waals surface area contributed by atoms with Gasteiger partial charge in [0.15, 0.2) is 0 Å². The third-order valence-corrected chi connectivity index (χ3v) is 2.39. The maximum atomic E-state index is 11.0. The zero-order chi connectivity index (χ0) is 6.43. The molecule has 0 amide bonds. The zero-order valence-corrected chi connectivity index (χ0v) is 5.09. The van der Waals surface area contributed by atoms with Crippen LogP contribution in [0.2, 0.25) is 0 Å². The van der Waals surface area contributed by atoms with Gasteiger partial charge in [0.25, 0.3) is 0 Å². The van der Waals surface area contributed by atoms with Crippen LogP contribution in [0.5, 0.6) is 0 Å². The van der Waals surface area contributed by atoms with Crippen LogP contribution in [0.4, 0.5) is 0 Å². The van der Waals surface area contributed by atoms with Crippen molar-refractivity contribution < 1.29 is 9.59 Å². The van der Waals surface area contributed by atoms with Crippen LogP contribution in [-0.4, -0.2) is 11.6 Å². The second-order valence-electron chi connectivity index (χ2n) is 2.90. The largest absolute Gasteiger partial charge is 0.299 e. The van der Waals surface area contributed by atoms with Crippen molar-refractivity contribution in [3.05, 3.63) is 0 Å². The van der Waals surface area contributed by atoms with Crippen LogP contribution in [0, 0.1) is 11.8 Å². The number of carbonyl (C=O) groups excluding carboxylic acids is 2. The van der Waals surface area contributed by atoms with Crippen LogP contribution in [0.25, 0.3) is 0 Å². The maximum Gasteiger partial charge on any atom is 0.146 e. The second-order valence-corrected chi connectivity index (χ2v) is 2.90. The van der Waals surface area contributed by atoms with Crippen molar-refractivity contribution in [1.82, 2.24) is 0 Å². The van der Waals surface area contributed by atoms with E-state index in [4.69, 9.17) is 0 Å². The van der Waals surface area contributed by atoms with Gasteiger partial charge in [-0.2, -0.15) is 0 Å². The van der Waals surface area contributed by atoms with Gasteiger partial charge in [-0.15, -0.1) is 0 Å². The molecule has 0 saturated heterocycles. The Morgan fingerprint density at radius 1 is 1.22 bits per heavy atom. The smallest absolute Gasteiger partial charge is 0.146 e. The summed E-state index contributed by atoms with van der Waals surface area (Å²) in [5.74, 6) is 0.369. The van der Waals surface area contributed by atoms with Crippen molar-refractivity contribution in [3.63, 3.8) is 0 Å². The molecule has 0 aromatic heterocycles. The first-order valence-electron chi connectivity index (χ1n) is 3.35. The summed E-state index contributed by atoms with van der Waals surface area (Å²) in [4.78, 5) is 21.8. The molecule has 2 atom stereocenters. The van der Waals surface area contributed by atoms with Gasteiger partial charge < -0.3 is 0 Å². The summed E-state index contributed by atoms with van der Waals surface area (Å²) in [6.07, 6.45) is 2.35. The Hall–Kier alpha value is -0.660. The predicted octanol–water partition coefficient (Wildman–Crippen LogP) is 0.554. The molecule has 0 unspecified atom stereocenters. The molecule has 48 valence electrons. The molecule has 2 aliphatic rings.